The number of anilines is 1. The van der Waals surface area contributed by atoms with Crippen LogP contribution in [0.5, 0.6) is 0 Å². The van der Waals surface area contributed by atoms with Crippen molar-refractivity contribution in [3.63, 3.8) is 0 Å². The number of rotatable bonds is 12. The Hall–Kier alpha value is -4.17. The zero-order valence-corrected chi connectivity index (χ0v) is 24.6. The van der Waals surface area contributed by atoms with Crippen LogP contribution in [0.1, 0.15) is 31.4 Å². The molecule has 0 spiro atoms. The van der Waals surface area contributed by atoms with Gasteiger partial charge in [0.25, 0.3) is 0 Å². The lowest BCUT2D eigenvalue weighted by molar-refractivity contribution is -0.140. The lowest BCUT2D eigenvalue weighted by atomic mass is 10.0. The molecule has 8 heteroatoms. The predicted octanol–water partition coefficient (Wildman–Crippen LogP) is 5.16. The minimum Gasteiger partial charge on any atom is -0.352 e. The van der Waals surface area contributed by atoms with Crippen LogP contribution in [0.2, 0.25) is 0 Å². The smallest absolute Gasteiger partial charge is 0.244 e. The molecule has 0 radical (unpaired) electrons. The summed E-state index contributed by atoms with van der Waals surface area (Å²) in [5.74, 6) is -0.740. The molecule has 0 fully saturated rings. The van der Waals surface area contributed by atoms with Gasteiger partial charge in [-0.2, -0.15) is 0 Å². The number of sulfonamides is 1. The summed E-state index contributed by atoms with van der Waals surface area (Å²) in [7, 11) is -3.85. The first-order valence-electron chi connectivity index (χ1n) is 13.8. The van der Waals surface area contributed by atoms with Crippen LogP contribution in [0.15, 0.2) is 103 Å². The van der Waals surface area contributed by atoms with Crippen molar-refractivity contribution in [2.75, 3.05) is 17.1 Å². The third-order valence-corrected chi connectivity index (χ3v) is 8.31. The van der Waals surface area contributed by atoms with Crippen LogP contribution in [0.4, 0.5) is 5.69 Å². The minimum absolute atomic E-state index is 0.0855. The number of amides is 2. The zero-order chi connectivity index (χ0) is 29.4. The Labute approximate surface area is 242 Å². The maximum Gasteiger partial charge on any atom is 0.244 e. The van der Waals surface area contributed by atoms with E-state index in [4.69, 9.17) is 0 Å². The second kappa shape index (κ2) is 13.5. The van der Waals surface area contributed by atoms with Crippen LogP contribution in [0.3, 0.4) is 0 Å². The number of nitrogens with one attached hydrogen (secondary N) is 1. The maximum atomic E-state index is 14.2. The molecule has 0 bridgehead atoms. The Kier molecular flexibility index (Phi) is 9.78. The molecule has 0 saturated carbocycles. The third-order valence-electron chi connectivity index (χ3n) is 7.18. The summed E-state index contributed by atoms with van der Waals surface area (Å²) < 4.78 is 27.4. The lowest BCUT2D eigenvalue weighted by Crippen LogP contribution is -2.54. The van der Waals surface area contributed by atoms with Gasteiger partial charge in [0.1, 0.15) is 12.6 Å². The molecule has 0 unspecified atom stereocenters. The van der Waals surface area contributed by atoms with Crippen molar-refractivity contribution >= 4 is 38.3 Å². The van der Waals surface area contributed by atoms with Gasteiger partial charge in [-0.15, -0.1) is 0 Å². The molecule has 0 aromatic heterocycles. The number of nitrogens with zero attached hydrogens (tertiary/aromatic N) is 2. The Morgan fingerprint density at radius 2 is 1.39 bits per heavy atom. The number of hydrogen-bond donors (Lipinski definition) is 1. The lowest BCUT2D eigenvalue weighted by Gasteiger charge is -2.34. The summed E-state index contributed by atoms with van der Waals surface area (Å²) >= 11 is 0. The molecule has 1 N–H and O–H groups in total. The van der Waals surface area contributed by atoms with Gasteiger partial charge in [-0.1, -0.05) is 104 Å². The van der Waals surface area contributed by atoms with E-state index in [2.05, 4.69) is 5.32 Å². The highest BCUT2D eigenvalue weighted by Crippen LogP contribution is 2.29. The topological polar surface area (TPSA) is 86.8 Å². The minimum atomic E-state index is -3.85. The van der Waals surface area contributed by atoms with Gasteiger partial charge < -0.3 is 10.2 Å². The van der Waals surface area contributed by atoms with Crippen LogP contribution in [-0.2, 0) is 32.6 Å². The maximum absolute atomic E-state index is 14.2. The molecule has 0 aliphatic carbocycles. The summed E-state index contributed by atoms with van der Waals surface area (Å²) in [6.45, 7) is 3.62. The van der Waals surface area contributed by atoms with Crippen molar-refractivity contribution in [3.05, 3.63) is 114 Å². The van der Waals surface area contributed by atoms with Gasteiger partial charge in [0.05, 0.1) is 11.9 Å². The van der Waals surface area contributed by atoms with Crippen molar-refractivity contribution in [1.29, 1.82) is 0 Å². The number of hydrogen-bond acceptors (Lipinski definition) is 4. The quantitative estimate of drug-likeness (QED) is 0.255. The van der Waals surface area contributed by atoms with E-state index in [0.29, 0.717) is 5.69 Å². The molecular formula is C33H37N3O4S. The number of fused-ring (bicyclic) bond motifs is 1. The van der Waals surface area contributed by atoms with E-state index in [1.165, 1.54) is 4.90 Å². The second-order valence-electron chi connectivity index (χ2n) is 10.3. The summed E-state index contributed by atoms with van der Waals surface area (Å²) in [4.78, 5) is 29.5. The van der Waals surface area contributed by atoms with Gasteiger partial charge in [-0.3, -0.25) is 13.9 Å². The predicted molar refractivity (Wildman–Crippen MR) is 165 cm³/mol. The first kappa shape index (κ1) is 29.8. The molecule has 0 heterocycles. The average molecular weight is 572 g/mol. The number of carbonyl (C=O) groups excluding carboxylic acids is 2. The SMILES string of the molecule is CC[C@@H](C)NC(=O)[C@H](Cc1ccccc1)N(Cc1ccccc1)C(=O)CN(c1cccc2ccccc12)S(C)(=O)=O. The molecule has 2 amide bonds. The number of benzene rings is 4. The highest BCUT2D eigenvalue weighted by atomic mass is 32.2. The molecule has 7 nitrogen and oxygen atoms in total. The average Bonchev–Trinajstić information content (AvgIpc) is 2.97. The van der Waals surface area contributed by atoms with Gasteiger partial charge in [0.15, 0.2) is 0 Å². The summed E-state index contributed by atoms with van der Waals surface area (Å²) in [5, 5.41) is 4.63. The van der Waals surface area contributed by atoms with E-state index in [-0.39, 0.29) is 24.9 Å². The number of carbonyl (C=O) groups is 2. The standard InChI is InChI=1S/C33H37N3O4S/c1-4-25(2)34-33(38)31(22-26-14-7-5-8-15-26)35(23-27-16-9-6-10-17-27)32(37)24-36(41(3,39)40)30-21-13-19-28-18-11-12-20-29(28)30/h5-21,25,31H,4,22-24H2,1-3H3,(H,34,38)/t25-,31+/m1/s1. The van der Waals surface area contributed by atoms with Gasteiger partial charge in [0, 0.05) is 24.4 Å². The molecule has 2 atom stereocenters. The Balaban J connectivity index is 1.77. The van der Waals surface area contributed by atoms with E-state index in [1.54, 1.807) is 12.1 Å². The molecule has 214 valence electrons. The van der Waals surface area contributed by atoms with E-state index < -0.39 is 28.5 Å². The molecular weight excluding hydrogens is 534 g/mol. The molecule has 4 rings (SSSR count). The highest BCUT2D eigenvalue weighted by molar-refractivity contribution is 7.92. The molecule has 0 saturated heterocycles. The van der Waals surface area contributed by atoms with Crippen LogP contribution in [0, 0.1) is 0 Å². The fourth-order valence-corrected chi connectivity index (χ4v) is 5.66. The van der Waals surface area contributed by atoms with Gasteiger partial charge in [0.2, 0.25) is 21.8 Å². The van der Waals surface area contributed by atoms with Crippen molar-refractivity contribution in [3.8, 4) is 0 Å². The van der Waals surface area contributed by atoms with Crippen LogP contribution in [-0.4, -0.2) is 50.0 Å². The molecule has 4 aromatic rings. The van der Waals surface area contributed by atoms with Crippen LogP contribution < -0.4 is 9.62 Å². The van der Waals surface area contributed by atoms with E-state index in [1.807, 2.05) is 105 Å². The van der Waals surface area contributed by atoms with Crippen LogP contribution >= 0.6 is 0 Å². The molecule has 0 aliphatic heterocycles. The summed E-state index contributed by atoms with van der Waals surface area (Å²) in [6.07, 6.45) is 2.12. The Morgan fingerprint density at radius 3 is 2.02 bits per heavy atom. The monoisotopic (exact) mass is 571 g/mol. The second-order valence-corrected chi connectivity index (χ2v) is 12.2. The molecule has 4 aromatic carbocycles. The van der Waals surface area contributed by atoms with Gasteiger partial charge >= 0.3 is 0 Å². The Bertz CT molecular complexity index is 1570. The fraction of sp³-hybridized carbons (Fsp3) is 0.273. The van der Waals surface area contributed by atoms with Gasteiger partial charge in [-0.05, 0) is 35.9 Å². The van der Waals surface area contributed by atoms with Crippen LogP contribution in [0.25, 0.3) is 10.8 Å². The van der Waals surface area contributed by atoms with E-state index >= 15 is 0 Å². The fourth-order valence-electron chi connectivity index (χ4n) is 4.80. The Morgan fingerprint density at radius 1 is 0.805 bits per heavy atom. The van der Waals surface area contributed by atoms with Crippen molar-refractivity contribution in [1.82, 2.24) is 10.2 Å². The van der Waals surface area contributed by atoms with Crippen molar-refractivity contribution in [2.45, 2.75) is 45.3 Å². The summed E-state index contributed by atoms with van der Waals surface area (Å²) in [6, 6.07) is 30.9. The van der Waals surface area contributed by atoms with Crippen molar-refractivity contribution in [2.24, 2.45) is 0 Å². The third kappa shape index (κ3) is 7.73. The normalized spacial score (nSPS) is 12.9. The van der Waals surface area contributed by atoms with Gasteiger partial charge in [-0.25, -0.2) is 8.42 Å². The molecule has 41 heavy (non-hydrogen) atoms. The first-order chi connectivity index (χ1) is 19.7. The molecule has 0 aliphatic rings. The van der Waals surface area contributed by atoms with E-state index in [0.717, 1.165) is 38.9 Å². The largest absolute Gasteiger partial charge is 0.352 e. The highest BCUT2D eigenvalue weighted by Gasteiger charge is 2.33. The van der Waals surface area contributed by atoms with Crippen molar-refractivity contribution < 1.29 is 18.0 Å². The summed E-state index contributed by atoms with van der Waals surface area (Å²) in [5.41, 5.74) is 2.16. The first-order valence-corrected chi connectivity index (χ1v) is 15.7. The zero-order valence-electron chi connectivity index (χ0n) is 23.7. The van der Waals surface area contributed by atoms with E-state index in [9.17, 15) is 18.0 Å².